The van der Waals surface area contributed by atoms with E-state index in [1.165, 1.54) is 6.07 Å². The molecule has 7 nitrogen and oxygen atoms in total. The lowest BCUT2D eigenvalue weighted by molar-refractivity contribution is 0.631. The number of hydrogen-bond donors (Lipinski definition) is 3. The van der Waals surface area contributed by atoms with Crippen molar-refractivity contribution in [2.24, 2.45) is 0 Å². The van der Waals surface area contributed by atoms with E-state index in [1.807, 2.05) is 30.6 Å². The van der Waals surface area contributed by atoms with Crippen LogP contribution in [0.25, 0.3) is 55.8 Å². The van der Waals surface area contributed by atoms with Crippen LogP contribution in [0.5, 0.6) is 0 Å². The maximum atomic E-state index is 14.5. The lowest BCUT2D eigenvalue weighted by Crippen LogP contribution is -2.09. The first-order chi connectivity index (χ1) is 17.1. The number of imidazole rings is 1. The molecule has 172 valence electrons. The monoisotopic (exact) mass is 463 g/mol. The van der Waals surface area contributed by atoms with Crippen LogP contribution in [-0.2, 0) is 0 Å². The van der Waals surface area contributed by atoms with Gasteiger partial charge in [0.15, 0.2) is 5.82 Å². The molecule has 4 heterocycles. The van der Waals surface area contributed by atoms with Crippen molar-refractivity contribution in [3.63, 3.8) is 0 Å². The minimum absolute atomic E-state index is 0.312. The van der Waals surface area contributed by atoms with Gasteiger partial charge in [0.2, 0.25) is 0 Å². The number of nitrogens with zero attached hydrogens (tertiary/aromatic N) is 4. The van der Waals surface area contributed by atoms with Gasteiger partial charge in [0.25, 0.3) is 0 Å². The van der Waals surface area contributed by atoms with Gasteiger partial charge in [-0.15, -0.1) is 0 Å². The Morgan fingerprint density at radius 3 is 2.66 bits per heavy atom. The third-order valence-electron chi connectivity index (χ3n) is 5.84. The molecule has 0 atom stereocenters. The zero-order chi connectivity index (χ0) is 23.9. The van der Waals surface area contributed by atoms with Crippen LogP contribution in [-0.4, -0.2) is 36.2 Å². The van der Waals surface area contributed by atoms with Crippen molar-refractivity contribution in [2.45, 2.75) is 19.9 Å². The van der Waals surface area contributed by atoms with Gasteiger partial charge in [-0.05, 0) is 55.8 Å². The highest BCUT2D eigenvalue weighted by atomic mass is 19.1. The van der Waals surface area contributed by atoms with Gasteiger partial charge in [-0.1, -0.05) is 18.2 Å². The second-order valence-electron chi connectivity index (χ2n) is 8.71. The molecule has 0 aliphatic heterocycles. The number of nitrogens with one attached hydrogen (secondary N) is 3. The van der Waals surface area contributed by atoms with Gasteiger partial charge in [0.1, 0.15) is 22.7 Å². The number of halogens is 1. The number of benzene rings is 2. The summed E-state index contributed by atoms with van der Waals surface area (Å²) in [4.78, 5) is 16.9. The second kappa shape index (κ2) is 8.32. The first-order valence-corrected chi connectivity index (χ1v) is 11.4. The van der Waals surface area contributed by atoms with E-state index in [2.05, 4.69) is 56.4 Å². The molecule has 6 rings (SSSR count). The van der Waals surface area contributed by atoms with Crippen molar-refractivity contribution in [3.8, 4) is 33.9 Å². The third-order valence-corrected chi connectivity index (χ3v) is 5.84. The molecule has 8 heteroatoms. The fourth-order valence-electron chi connectivity index (χ4n) is 4.28. The molecule has 4 aromatic heterocycles. The molecule has 35 heavy (non-hydrogen) atoms. The molecule has 3 N–H and O–H groups in total. The molecule has 0 fully saturated rings. The zero-order valence-electron chi connectivity index (χ0n) is 19.2. The van der Waals surface area contributed by atoms with E-state index in [9.17, 15) is 4.39 Å². The normalized spacial score (nSPS) is 11.5. The summed E-state index contributed by atoms with van der Waals surface area (Å²) < 4.78 is 14.5. The van der Waals surface area contributed by atoms with Gasteiger partial charge in [-0.3, -0.25) is 15.1 Å². The SMILES string of the molecule is CC(C)Nc1cncc(-c2ccc3[nH]nc(-c4nc5c(-c6ccccc6F)nccc5[nH]4)c3c2)c1. The van der Waals surface area contributed by atoms with Crippen molar-refractivity contribution < 1.29 is 4.39 Å². The van der Waals surface area contributed by atoms with E-state index in [0.717, 1.165) is 33.2 Å². The molecule has 0 amide bonds. The topological polar surface area (TPSA) is 95.2 Å². The van der Waals surface area contributed by atoms with Crippen LogP contribution in [0.1, 0.15) is 13.8 Å². The van der Waals surface area contributed by atoms with Crippen LogP contribution >= 0.6 is 0 Å². The third kappa shape index (κ3) is 3.78. The van der Waals surface area contributed by atoms with Crippen molar-refractivity contribution in [3.05, 3.63) is 79.0 Å². The first-order valence-electron chi connectivity index (χ1n) is 11.4. The number of aromatic amines is 2. The number of rotatable bonds is 5. The predicted molar refractivity (Wildman–Crippen MR) is 136 cm³/mol. The summed E-state index contributed by atoms with van der Waals surface area (Å²) in [6.07, 6.45) is 5.32. The summed E-state index contributed by atoms with van der Waals surface area (Å²) in [5, 5.41) is 11.9. The van der Waals surface area contributed by atoms with Gasteiger partial charge in [-0.2, -0.15) is 5.10 Å². The lowest BCUT2D eigenvalue weighted by atomic mass is 10.0. The van der Waals surface area contributed by atoms with Crippen molar-refractivity contribution >= 4 is 27.6 Å². The van der Waals surface area contributed by atoms with E-state index in [-0.39, 0.29) is 5.82 Å². The minimum Gasteiger partial charge on any atom is -0.382 e. The van der Waals surface area contributed by atoms with Crippen molar-refractivity contribution in [1.82, 2.24) is 30.1 Å². The highest BCUT2D eigenvalue weighted by Crippen LogP contribution is 2.33. The van der Waals surface area contributed by atoms with Crippen LogP contribution < -0.4 is 5.32 Å². The Labute approximate surface area is 200 Å². The first kappa shape index (κ1) is 21.0. The number of aromatic nitrogens is 6. The average Bonchev–Trinajstić information content (AvgIpc) is 3.47. The molecule has 0 aliphatic carbocycles. The Bertz CT molecular complexity index is 1680. The molecular weight excluding hydrogens is 441 g/mol. The van der Waals surface area contributed by atoms with Gasteiger partial charge in [0, 0.05) is 41.1 Å². The van der Waals surface area contributed by atoms with Crippen molar-refractivity contribution in [1.29, 1.82) is 0 Å². The van der Waals surface area contributed by atoms with Crippen LogP contribution in [0.4, 0.5) is 10.1 Å². The summed E-state index contributed by atoms with van der Waals surface area (Å²) in [7, 11) is 0. The lowest BCUT2D eigenvalue weighted by Gasteiger charge is -2.11. The largest absolute Gasteiger partial charge is 0.382 e. The Morgan fingerprint density at radius 2 is 1.80 bits per heavy atom. The van der Waals surface area contributed by atoms with Crippen LogP contribution in [0, 0.1) is 5.82 Å². The molecule has 0 saturated heterocycles. The molecule has 0 spiro atoms. The number of anilines is 1. The molecule has 0 unspecified atom stereocenters. The maximum Gasteiger partial charge on any atom is 0.159 e. The molecule has 6 aromatic rings. The van der Waals surface area contributed by atoms with Gasteiger partial charge in [0.05, 0.1) is 16.7 Å². The highest BCUT2D eigenvalue weighted by molar-refractivity contribution is 5.97. The molecule has 2 aromatic carbocycles. The van der Waals surface area contributed by atoms with Gasteiger partial charge in [-0.25, -0.2) is 9.37 Å². The van der Waals surface area contributed by atoms with Crippen LogP contribution in [0.2, 0.25) is 0 Å². The van der Waals surface area contributed by atoms with E-state index < -0.39 is 0 Å². The van der Waals surface area contributed by atoms with E-state index >= 15 is 0 Å². The van der Waals surface area contributed by atoms with Crippen molar-refractivity contribution in [2.75, 3.05) is 5.32 Å². The smallest absolute Gasteiger partial charge is 0.159 e. The quantitative estimate of drug-likeness (QED) is 0.283. The summed E-state index contributed by atoms with van der Waals surface area (Å²) in [6, 6.07) is 16.9. The van der Waals surface area contributed by atoms with E-state index in [0.29, 0.717) is 34.3 Å². The Morgan fingerprint density at radius 1 is 0.914 bits per heavy atom. The minimum atomic E-state index is -0.338. The Kier molecular flexibility index (Phi) is 4.99. The predicted octanol–water partition coefficient (Wildman–Crippen LogP) is 6.19. The summed E-state index contributed by atoms with van der Waals surface area (Å²) in [6.45, 7) is 4.19. The van der Waals surface area contributed by atoms with E-state index in [1.54, 1.807) is 24.4 Å². The highest BCUT2D eigenvalue weighted by Gasteiger charge is 2.17. The van der Waals surface area contributed by atoms with Gasteiger partial charge >= 0.3 is 0 Å². The maximum absolute atomic E-state index is 14.5. The number of hydrogen-bond acceptors (Lipinski definition) is 5. The molecule has 0 radical (unpaired) electrons. The average molecular weight is 464 g/mol. The second-order valence-corrected chi connectivity index (χ2v) is 8.71. The standard InChI is InChI=1S/C27H22FN7/c1-15(2)31-18-11-17(13-29-14-18)16-7-8-22-20(12-16)25(35-34-22)27-32-23-9-10-30-24(26(23)33-27)19-5-3-4-6-21(19)28/h3-15,31H,1-2H3,(H,32,33)(H,34,35). The Balaban J connectivity index is 1.46. The fourth-order valence-corrected chi connectivity index (χ4v) is 4.28. The summed E-state index contributed by atoms with van der Waals surface area (Å²) >= 11 is 0. The summed E-state index contributed by atoms with van der Waals surface area (Å²) in [5.74, 6) is 0.247. The van der Waals surface area contributed by atoms with Gasteiger partial charge < -0.3 is 10.3 Å². The van der Waals surface area contributed by atoms with Crippen LogP contribution in [0.15, 0.2) is 73.2 Å². The van der Waals surface area contributed by atoms with E-state index in [4.69, 9.17) is 4.98 Å². The number of fused-ring (bicyclic) bond motifs is 2. The zero-order valence-corrected chi connectivity index (χ0v) is 19.2. The fraction of sp³-hybridized carbons (Fsp3) is 0.111. The van der Waals surface area contributed by atoms with Crippen LogP contribution in [0.3, 0.4) is 0 Å². The molecule has 0 aliphatic rings. The Hall–Kier alpha value is -4.59. The number of H-pyrrole nitrogens is 2. The number of pyridine rings is 2. The molecule has 0 saturated carbocycles. The molecule has 0 bridgehead atoms. The summed E-state index contributed by atoms with van der Waals surface area (Å²) in [5.41, 5.74) is 6.81. The molecular formula is C27H22FN7.